The first-order valence-electron chi connectivity index (χ1n) is 4.96. The van der Waals surface area contributed by atoms with Crippen LogP contribution < -0.4 is 4.72 Å². The van der Waals surface area contributed by atoms with Crippen molar-refractivity contribution in [3.05, 3.63) is 28.7 Å². The summed E-state index contributed by atoms with van der Waals surface area (Å²) in [6.45, 7) is 4.95. The van der Waals surface area contributed by atoms with Crippen LogP contribution in [0.5, 0.6) is 0 Å². The van der Waals surface area contributed by atoms with Crippen LogP contribution in [0.25, 0.3) is 0 Å². The molecule has 1 rings (SSSR count). The maximum Gasteiger partial charge on any atom is 0.264 e. The number of benzene rings is 1. The summed E-state index contributed by atoms with van der Waals surface area (Å²) in [6.07, 6.45) is 0. The lowest BCUT2D eigenvalue weighted by Crippen LogP contribution is -2.38. The van der Waals surface area contributed by atoms with Gasteiger partial charge in [0.2, 0.25) is 5.91 Å². The lowest BCUT2D eigenvalue weighted by atomic mass is 9.96. The first-order valence-corrected chi connectivity index (χ1v) is 7.23. The summed E-state index contributed by atoms with van der Waals surface area (Å²) in [5.41, 5.74) is -0.751. The summed E-state index contributed by atoms with van der Waals surface area (Å²) in [5.74, 6) is -0.530. The maximum atomic E-state index is 11.9. The van der Waals surface area contributed by atoms with Gasteiger partial charge in [0.15, 0.2) is 0 Å². The van der Waals surface area contributed by atoms with Gasteiger partial charge in [-0.05, 0) is 18.2 Å². The van der Waals surface area contributed by atoms with Crippen molar-refractivity contribution in [3.8, 4) is 0 Å². The molecule has 0 radical (unpaired) electrons. The first kappa shape index (κ1) is 14.2. The summed E-state index contributed by atoms with van der Waals surface area (Å²) < 4.78 is 26.5. The van der Waals surface area contributed by atoms with Gasteiger partial charge in [-0.25, -0.2) is 13.1 Å². The third-order valence-electron chi connectivity index (χ3n) is 2.01. The number of carbonyl (C=O) groups is 1. The molecule has 0 unspecified atom stereocenters. The maximum absolute atomic E-state index is 11.9. The first-order chi connectivity index (χ1) is 7.63. The van der Waals surface area contributed by atoms with E-state index in [0.717, 1.165) is 0 Å². The Balaban J connectivity index is 3.02. The molecule has 0 bridgehead atoms. The minimum Gasteiger partial charge on any atom is -0.273 e. The molecule has 0 atom stereocenters. The van der Waals surface area contributed by atoms with Crippen LogP contribution >= 0.6 is 15.9 Å². The molecule has 94 valence electrons. The zero-order chi connectivity index (χ0) is 13.3. The van der Waals surface area contributed by atoms with Crippen molar-refractivity contribution < 1.29 is 13.2 Å². The molecule has 6 heteroatoms. The molecule has 0 saturated carbocycles. The normalized spacial score (nSPS) is 12.2. The molecule has 0 aliphatic heterocycles. The average Bonchev–Trinajstić information content (AvgIpc) is 2.15. The lowest BCUT2D eigenvalue weighted by Gasteiger charge is -2.17. The fourth-order valence-corrected chi connectivity index (χ4v) is 2.73. The Morgan fingerprint density at radius 1 is 1.29 bits per heavy atom. The van der Waals surface area contributed by atoms with Crippen molar-refractivity contribution in [1.82, 2.24) is 4.72 Å². The highest BCUT2D eigenvalue weighted by Gasteiger charge is 2.26. The van der Waals surface area contributed by atoms with E-state index in [1.807, 2.05) is 0 Å². The Morgan fingerprint density at radius 2 is 1.88 bits per heavy atom. The number of sulfonamides is 1. The van der Waals surface area contributed by atoms with Gasteiger partial charge in [0, 0.05) is 9.89 Å². The molecular formula is C11H14BrNO3S. The van der Waals surface area contributed by atoms with Gasteiger partial charge in [0.25, 0.3) is 10.0 Å². The number of hydrogen-bond donors (Lipinski definition) is 1. The molecule has 1 aromatic carbocycles. The molecule has 17 heavy (non-hydrogen) atoms. The summed E-state index contributed by atoms with van der Waals surface area (Å²) in [7, 11) is -3.79. The van der Waals surface area contributed by atoms with E-state index in [-0.39, 0.29) is 4.90 Å². The predicted octanol–water partition coefficient (Wildman–Crippen LogP) is 2.30. The minimum atomic E-state index is -3.79. The van der Waals surface area contributed by atoms with Crippen LogP contribution in [0.3, 0.4) is 0 Å². The summed E-state index contributed by atoms with van der Waals surface area (Å²) >= 11 is 3.18. The minimum absolute atomic E-state index is 0.0597. The quantitative estimate of drug-likeness (QED) is 0.909. The Hall–Kier alpha value is -0.880. The van der Waals surface area contributed by atoms with Crippen molar-refractivity contribution in [2.24, 2.45) is 5.41 Å². The van der Waals surface area contributed by atoms with Crippen LogP contribution in [-0.4, -0.2) is 14.3 Å². The predicted molar refractivity (Wildman–Crippen MR) is 68.9 cm³/mol. The fraction of sp³-hybridized carbons (Fsp3) is 0.364. The van der Waals surface area contributed by atoms with Crippen LogP contribution in [0.2, 0.25) is 0 Å². The highest BCUT2D eigenvalue weighted by Crippen LogP contribution is 2.18. The second kappa shape index (κ2) is 4.78. The fourth-order valence-electron chi connectivity index (χ4n) is 0.968. The molecule has 0 aliphatic rings. The molecule has 0 heterocycles. The lowest BCUT2D eigenvalue weighted by molar-refractivity contribution is -0.126. The molecule has 0 spiro atoms. The van der Waals surface area contributed by atoms with E-state index in [4.69, 9.17) is 0 Å². The van der Waals surface area contributed by atoms with Crippen molar-refractivity contribution in [2.75, 3.05) is 0 Å². The number of amides is 1. The molecule has 0 fully saturated rings. The van der Waals surface area contributed by atoms with Gasteiger partial charge < -0.3 is 0 Å². The Kier molecular flexibility index (Phi) is 3.99. The van der Waals surface area contributed by atoms with Gasteiger partial charge in [-0.2, -0.15) is 0 Å². The number of nitrogens with one attached hydrogen (secondary N) is 1. The van der Waals surface area contributed by atoms with Crippen molar-refractivity contribution in [1.29, 1.82) is 0 Å². The van der Waals surface area contributed by atoms with Crippen LogP contribution in [0, 0.1) is 5.41 Å². The molecule has 4 nitrogen and oxygen atoms in total. The van der Waals surface area contributed by atoms with E-state index in [1.165, 1.54) is 12.1 Å². The smallest absolute Gasteiger partial charge is 0.264 e. The van der Waals surface area contributed by atoms with Crippen LogP contribution in [0.15, 0.2) is 33.6 Å². The second-order valence-electron chi connectivity index (χ2n) is 4.64. The standard InChI is InChI=1S/C11H14BrNO3S/c1-11(2,3)10(14)13-17(15,16)9-6-4-5-8(12)7-9/h4-7H,1-3H3,(H,13,14). The van der Waals surface area contributed by atoms with Crippen LogP contribution in [0.1, 0.15) is 20.8 Å². The third kappa shape index (κ3) is 3.81. The van der Waals surface area contributed by atoms with Gasteiger partial charge in [-0.15, -0.1) is 0 Å². The Morgan fingerprint density at radius 3 is 2.35 bits per heavy atom. The van der Waals surface area contributed by atoms with Crippen molar-refractivity contribution in [3.63, 3.8) is 0 Å². The van der Waals surface area contributed by atoms with Gasteiger partial charge in [-0.3, -0.25) is 4.79 Å². The zero-order valence-corrected chi connectivity index (χ0v) is 12.2. The summed E-state index contributed by atoms with van der Waals surface area (Å²) in [5, 5.41) is 0. The van der Waals surface area contributed by atoms with E-state index in [1.54, 1.807) is 32.9 Å². The molecule has 1 N–H and O–H groups in total. The van der Waals surface area contributed by atoms with E-state index in [9.17, 15) is 13.2 Å². The largest absolute Gasteiger partial charge is 0.273 e. The van der Waals surface area contributed by atoms with E-state index < -0.39 is 21.3 Å². The number of halogens is 1. The number of rotatable bonds is 2. The van der Waals surface area contributed by atoms with Gasteiger partial charge in [-0.1, -0.05) is 42.8 Å². The summed E-state index contributed by atoms with van der Waals surface area (Å²) in [6, 6.07) is 6.19. The number of hydrogen-bond acceptors (Lipinski definition) is 3. The van der Waals surface area contributed by atoms with Crippen LogP contribution in [0.4, 0.5) is 0 Å². The van der Waals surface area contributed by atoms with Gasteiger partial charge in [0.05, 0.1) is 4.90 Å². The highest BCUT2D eigenvalue weighted by atomic mass is 79.9. The highest BCUT2D eigenvalue weighted by molar-refractivity contribution is 9.10. The van der Waals surface area contributed by atoms with Crippen molar-refractivity contribution >= 4 is 31.9 Å². The molecule has 0 aliphatic carbocycles. The Labute approximate surface area is 110 Å². The number of carbonyl (C=O) groups excluding carboxylic acids is 1. The Bertz CT molecular complexity index is 532. The monoisotopic (exact) mass is 319 g/mol. The molecule has 1 amide bonds. The zero-order valence-electron chi connectivity index (χ0n) is 9.82. The average molecular weight is 320 g/mol. The van der Waals surface area contributed by atoms with Crippen LogP contribution in [-0.2, 0) is 14.8 Å². The molecule has 0 saturated heterocycles. The SMILES string of the molecule is CC(C)(C)C(=O)NS(=O)(=O)c1cccc(Br)c1. The van der Waals surface area contributed by atoms with Gasteiger partial charge in [0.1, 0.15) is 0 Å². The topological polar surface area (TPSA) is 63.2 Å². The summed E-state index contributed by atoms with van der Waals surface area (Å²) in [4.78, 5) is 11.7. The molecule has 0 aromatic heterocycles. The van der Waals surface area contributed by atoms with Crippen molar-refractivity contribution in [2.45, 2.75) is 25.7 Å². The van der Waals surface area contributed by atoms with E-state index in [0.29, 0.717) is 4.47 Å². The molecule has 1 aromatic rings. The van der Waals surface area contributed by atoms with Gasteiger partial charge >= 0.3 is 0 Å². The van der Waals surface area contributed by atoms with E-state index >= 15 is 0 Å². The van der Waals surface area contributed by atoms with E-state index in [2.05, 4.69) is 20.7 Å². The molecular weight excluding hydrogens is 306 g/mol. The third-order valence-corrected chi connectivity index (χ3v) is 3.84. The second-order valence-corrected chi connectivity index (χ2v) is 7.24.